The number of rotatable bonds is 6. The maximum Gasteiger partial charge on any atom is 0.0763 e. The Kier molecular flexibility index (Phi) is 5.66. The van der Waals surface area contributed by atoms with Crippen molar-refractivity contribution in [3.63, 3.8) is 0 Å². The zero-order valence-electron chi connectivity index (χ0n) is 11.4. The fourth-order valence-electron chi connectivity index (χ4n) is 2.05. The molecule has 0 aliphatic carbocycles. The molecule has 0 spiro atoms. The maximum atomic E-state index is 6.24. The van der Waals surface area contributed by atoms with Crippen molar-refractivity contribution >= 4 is 0 Å². The molecule has 96 valence electrons. The van der Waals surface area contributed by atoms with E-state index in [0.29, 0.717) is 5.92 Å². The molecule has 2 heteroatoms. The van der Waals surface area contributed by atoms with E-state index in [1.54, 1.807) is 7.11 Å². The fourth-order valence-corrected chi connectivity index (χ4v) is 2.05. The molecule has 0 saturated carbocycles. The number of benzene rings is 1. The van der Waals surface area contributed by atoms with Gasteiger partial charge in [-0.2, -0.15) is 0 Å². The van der Waals surface area contributed by atoms with E-state index >= 15 is 0 Å². The number of methoxy groups -OCH3 is 1. The van der Waals surface area contributed by atoms with Crippen LogP contribution in [-0.4, -0.2) is 13.2 Å². The monoisotopic (exact) mass is 235 g/mol. The van der Waals surface area contributed by atoms with Crippen molar-refractivity contribution in [3.8, 4) is 0 Å². The first-order valence-electron chi connectivity index (χ1n) is 6.48. The number of nitrogens with two attached hydrogens (primary N) is 1. The van der Waals surface area contributed by atoms with Crippen LogP contribution in [0.2, 0.25) is 0 Å². The van der Waals surface area contributed by atoms with Gasteiger partial charge >= 0.3 is 0 Å². The van der Waals surface area contributed by atoms with Crippen LogP contribution in [0, 0.1) is 0 Å². The van der Waals surface area contributed by atoms with Gasteiger partial charge in [0.15, 0.2) is 0 Å². The molecule has 1 aromatic rings. The van der Waals surface area contributed by atoms with Gasteiger partial charge in [0.25, 0.3) is 0 Å². The second kappa shape index (κ2) is 6.77. The number of hydrogen-bond acceptors (Lipinski definition) is 2. The smallest absolute Gasteiger partial charge is 0.0763 e. The Morgan fingerprint density at radius 2 is 1.65 bits per heavy atom. The van der Waals surface area contributed by atoms with E-state index < -0.39 is 0 Å². The van der Waals surface area contributed by atoms with Crippen LogP contribution in [0.5, 0.6) is 0 Å². The molecule has 1 aromatic carbocycles. The summed E-state index contributed by atoms with van der Waals surface area (Å²) in [5.74, 6) is 0.564. The second-order valence-electron chi connectivity index (χ2n) is 4.91. The van der Waals surface area contributed by atoms with E-state index in [1.807, 2.05) is 0 Å². The summed E-state index contributed by atoms with van der Waals surface area (Å²) in [6.45, 7) is 6.55. The Morgan fingerprint density at radius 3 is 2.06 bits per heavy atom. The minimum absolute atomic E-state index is 0.0267. The Balaban J connectivity index is 2.77. The molecule has 2 atom stereocenters. The normalized spacial score (nSPS) is 14.9. The molecule has 0 aliphatic heterocycles. The van der Waals surface area contributed by atoms with Crippen LogP contribution in [-0.2, 0) is 4.74 Å². The molecule has 0 heterocycles. The summed E-state index contributed by atoms with van der Waals surface area (Å²) in [6.07, 6.45) is 2.21. The van der Waals surface area contributed by atoms with Crippen LogP contribution in [0.25, 0.3) is 0 Å². The summed E-state index contributed by atoms with van der Waals surface area (Å²) in [6, 6.07) is 8.56. The molecule has 0 fully saturated rings. The van der Waals surface area contributed by atoms with Crippen LogP contribution in [0.4, 0.5) is 0 Å². The van der Waals surface area contributed by atoms with Crippen molar-refractivity contribution in [1.29, 1.82) is 0 Å². The first kappa shape index (κ1) is 14.2. The first-order chi connectivity index (χ1) is 8.10. The molecular formula is C15H25NO. The molecule has 17 heavy (non-hydrogen) atoms. The third kappa shape index (κ3) is 3.83. The minimum atomic E-state index is -0.0267. The van der Waals surface area contributed by atoms with Crippen molar-refractivity contribution in [2.75, 3.05) is 7.11 Å². The average Bonchev–Trinajstić information content (AvgIpc) is 2.35. The largest absolute Gasteiger partial charge is 0.379 e. The highest BCUT2D eigenvalue weighted by atomic mass is 16.5. The molecule has 0 bridgehead atoms. The van der Waals surface area contributed by atoms with Crippen LogP contribution in [0.15, 0.2) is 24.3 Å². The van der Waals surface area contributed by atoms with Gasteiger partial charge in [-0.3, -0.25) is 0 Å². The average molecular weight is 235 g/mol. The summed E-state index contributed by atoms with van der Waals surface area (Å²) in [5.41, 5.74) is 8.75. The summed E-state index contributed by atoms with van der Waals surface area (Å²) >= 11 is 0. The molecule has 0 radical (unpaired) electrons. The highest BCUT2D eigenvalue weighted by Gasteiger charge is 2.18. The predicted octanol–water partition coefficient (Wildman–Crippen LogP) is 3.62. The van der Waals surface area contributed by atoms with Gasteiger partial charge in [0.05, 0.1) is 12.1 Å². The van der Waals surface area contributed by atoms with Gasteiger partial charge in [0, 0.05) is 7.11 Å². The predicted molar refractivity (Wildman–Crippen MR) is 73.2 cm³/mol. The van der Waals surface area contributed by atoms with Crippen LogP contribution >= 0.6 is 0 Å². The molecule has 1 rings (SSSR count). The number of ether oxygens (including phenoxy) is 1. The summed E-state index contributed by atoms with van der Waals surface area (Å²) in [7, 11) is 1.74. The Morgan fingerprint density at radius 1 is 1.12 bits per heavy atom. The van der Waals surface area contributed by atoms with E-state index in [9.17, 15) is 0 Å². The third-order valence-electron chi connectivity index (χ3n) is 3.26. The Bertz CT molecular complexity index is 318. The van der Waals surface area contributed by atoms with Gasteiger partial charge in [-0.1, -0.05) is 51.5 Å². The molecule has 2 N–H and O–H groups in total. The van der Waals surface area contributed by atoms with Crippen LogP contribution in [0.1, 0.15) is 56.7 Å². The summed E-state index contributed by atoms with van der Waals surface area (Å²) < 4.78 is 5.46. The molecule has 2 nitrogen and oxygen atoms in total. The first-order valence-corrected chi connectivity index (χ1v) is 6.48. The van der Waals surface area contributed by atoms with Gasteiger partial charge in [-0.05, 0) is 23.5 Å². The molecule has 0 aromatic heterocycles. The van der Waals surface area contributed by atoms with Gasteiger partial charge < -0.3 is 10.5 Å². The molecule has 0 saturated heterocycles. The summed E-state index contributed by atoms with van der Waals surface area (Å²) in [5, 5.41) is 0. The molecule has 2 unspecified atom stereocenters. The van der Waals surface area contributed by atoms with Crippen molar-refractivity contribution in [3.05, 3.63) is 35.4 Å². The van der Waals surface area contributed by atoms with E-state index in [0.717, 1.165) is 18.4 Å². The van der Waals surface area contributed by atoms with Crippen LogP contribution < -0.4 is 5.73 Å². The van der Waals surface area contributed by atoms with Gasteiger partial charge in [-0.25, -0.2) is 0 Å². The van der Waals surface area contributed by atoms with E-state index in [1.165, 1.54) is 5.56 Å². The Labute approximate surface area is 105 Å². The van der Waals surface area contributed by atoms with E-state index in [4.69, 9.17) is 10.5 Å². The topological polar surface area (TPSA) is 35.2 Å². The highest BCUT2D eigenvalue weighted by Crippen LogP contribution is 2.22. The van der Waals surface area contributed by atoms with Crippen molar-refractivity contribution in [1.82, 2.24) is 0 Å². The van der Waals surface area contributed by atoms with Crippen molar-refractivity contribution in [2.24, 2.45) is 5.73 Å². The Hall–Kier alpha value is -0.860. The van der Waals surface area contributed by atoms with E-state index in [2.05, 4.69) is 45.0 Å². The summed E-state index contributed by atoms with van der Waals surface area (Å²) in [4.78, 5) is 0. The highest BCUT2D eigenvalue weighted by molar-refractivity contribution is 5.27. The SMILES string of the molecule is CCCC(OC)C(N)c1ccc(C(C)C)cc1. The fraction of sp³-hybridized carbons (Fsp3) is 0.600. The lowest BCUT2D eigenvalue weighted by molar-refractivity contribution is 0.0725. The molecule has 0 aliphatic rings. The van der Waals surface area contributed by atoms with E-state index in [-0.39, 0.29) is 12.1 Å². The minimum Gasteiger partial charge on any atom is -0.379 e. The van der Waals surface area contributed by atoms with Crippen molar-refractivity contribution in [2.45, 2.75) is 51.7 Å². The van der Waals surface area contributed by atoms with Crippen molar-refractivity contribution < 1.29 is 4.74 Å². The lowest BCUT2D eigenvalue weighted by Gasteiger charge is -2.22. The molecule has 0 amide bonds. The van der Waals surface area contributed by atoms with Gasteiger partial charge in [0.1, 0.15) is 0 Å². The zero-order valence-corrected chi connectivity index (χ0v) is 11.4. The third-order valence-corrected chi connectivity index (χ3v) is 3.26. The zero-order chi connectivity index (χ0) is 12.8. The lowest BCUT2D eigenvalue weighted by atomic mass is 9.95. The van der Waals surface area contributed by atoms with Gasteiger partial charge in [0.2, 0.25) is 0 Å². The number of hydrogen-bond donors (Lipinski definition) is 1. The maximum absolute atomic E-state index is 6.24. The second-order valence-corrected chi connectivity index (χ2v) is 4.91. The van der Waals surface area contributed by atoms with Crippen LogP contribution in [0.3, 0.4) is 0 Å². The van der Waals surface area contributed by atoms with Gasteiger partial charge in [-0.15, -0.1) is 0 Å². The standard InChI is InChI=1S/C15H25NO/c1-5-6-14(17-4)15(16)13-9-7-12(8-10-13)11(2)3/h7-11,14-15H,5-6,16H2,1-4H3. The quantitative estimate of drug-likeness (QED) is 0.817. The lowest BCUT2D eigenvalue weighted by Crippen LogP contribution is -2.27. The molecular weight excluding hydrogens is 210 g/mol.